The third-order valence-electron chi connectivity index (χ3n) is 4.28. The Kier molecular flexibility index (Phi) is 6.72. The lowest BCUT2D eigenvalue weighted by Crippen LogP contribution is -2.37. The molecule has 7 nitrogen and oxygen atoms in total. The van der Waals surface area contributed by atoms with Gasteiger partial charge in [-0.1, -0.05) is 35.8 Å². The smallest absolute Gasteiger partial charge is 0.261 e. The fourth-order valence-electron chi connectivity index (χ4n) is 2.66. The number of hydrogen-bond acceptors (Lipinski definition) is 6. The zero-order valence-electron chi connectivity index (χ0n) is 16.4. The van der Waals surface area contributed by atoms with Gasteiger partial charge in [0.25, 0.3) is 5.91 Å². The third kappa shape index (κ3) is 5.26. The summed E-state index contributed by atoms with van der Waals surface area (Å²) < 4.78 is 16.2. The lowest BCUT2D eigenvalue weighted by atomic mass is 10.2. The fraction of sp³-hybridized carbons (Fsp3) is 0.286. The van der Waals surface area contributed by atoms with Gasteiger partial charge in [0, 0.05) is 10.6 Å². The van der Waals surface area contributed by atoms with Crippen molar-refractivity contribution in [3.63, 3.8) is 0 Å². The number of methoxy groups -OCH3 is 1. The molecule has 29 heavy (non-hydrogen) atoms. The Morgan fingerprint density at radius 3 is 2.79 bits per heavy atom. The van der Waals surface area contributed by atoms with Crippen molar-refractivity contribution in [2.75, 3.05) is 7.11 Å². The molecule has 2 aromatic carbocycles. The number of aromatic nitrogens is 2. The summed E-state index contributed by atoms with van der Waals surface area (Å²) in [7, 11) is 1.59. The van der Waals surface area contributed by atoms with E-state index in [4.69, 9.17) is 25.6 Å². The van der Waals surface area contributed by atoms with Crippen LogP contribution in [0.5, 0.6) is 11.5 Å². The van der Waals surface area contributed by atoms with Gasteiger partial charge in [-0.05, 0) is 49.2 Å². The Labute approximate surface area is 174 Å². The number of hydrogen-bond donors (Lipinski definition) is 1. The highest BCUT2D eigenvalue weighted by molar-refractivity contribution is 6.31. The standard InChI is InChI=1S/C21H22ClN3O4/c1-4-18(28-16-8-9-17(22)13(2)10-16)21(26)23-12-19-24-20(25-29-19)14-6-5-7-15(11-14)27-3/h5-11,18H,4,12H2,1-3H3,(H,23,26). The number of nitrogens with zero attached hydrogens (tertiary/aromatic N) is 2. The summed E-state index contributed by atoms with van der Waals surface area (Å²) >= 11 is 6.03. The minimum Gasteiger partial charge on any atom is -0.497 e. The number of ether oxygens (including phenoxy) is 2. The second-order valence-corrected chi connectivity index (χ2v) is 6.79. The SMILES string of the molecule is CCC(Oc1ccc(Cl)c(C)c1)C(=O)NCc1nc(-c2cccc(OC)c2)no1. The van der Waals surface area contributed by atoms with Crippen LogP contribution in [0.15, 0.2) is 47.0 Å². The van der Waals surface area contributed by atoms with Gasteiger partial charge in [0.15, 0.2) is 6.10 Å². The van der Waals surface area contributed by atoms with Crippen molar-refractivity contribution < 1.29 is 18.8 Å². The van der Waals surface area contributed by atoms with Crippen LogP contribution in [0.3, 0.4) is 0 Å². The minimum absolute atomic E-state index is 0.106. The molecule has 0 saturated carbocycles. The van der Waals surface area contributed by atoms with Crippen LogP contribution in [-0.4, -0.2) is 29.3 Å². The molecule has 1 amide bonds. The van der Waals surface area contributed by atoms with Gasteiger partial charge in [-0.15, -0.1) is 0 Å². The Morgan fingerprint density at radius 1 is 1.24 bits per heavy atom. The van der Waals surface area contributed by atoms with Crippen LogP contribution in [0, 0.1) is 6.92 Å². The maximum Gasteiger partial charge on any atom is 0.261 e. The monoisotopic (exact) mass is 415 g/mol. The quantitative estimate of drug-likeness (QED) is 0.593. The number of carbonyl (C=O) groups excluding carboxylic acids is 1. The van der Waals surface area contributed by atoms with E-state index in [2.05, 4.69) is 15.5 Å². The summed E-state index contributed by atoms with van der Waals surface area (Å²) in [5.74, 6) is 1.75. The molecule has 3 aromatic rings. The van der Waals surface area contributed by atoms with Crippen molar-refractivity contribution >= 4 is 17.5 Å². The average Bonchev–Trinajstić information content (AvgIpc) is 3.22. The first kappa shape index (κ1) is 20.7. The van der Waals surface area contributed by atoms with Crippen molar-refractivity contribution in [2.24, 2.45) is 0 Å². The largest absolute Gasteiger partial charge is 0.497 e. The predicted molar refractivity (Wildman–Crippen MR) is 109 cm³/mol. The van der Waals surface area contributed by atoms with E-state index in [9.17, 15) is 4.79 Å². The Hall–Kier alpha value is -3.06. The number of amides is 1. The summed E-state index contributed by atoms with van der Waals surface area (Å²) in [6, 6.07) is 12.6. The number of nitrogens with one attached hydrogen (secondary N) is 1. The molecule has 152 valence electrons. The van der Waals surface area contributed by atoms with Crippen LogP contribution in [-0.2, 0) is 11.3 Å². The molecule has 0 radical (unpaired) electrons. The van der Waals surface area contributed by atoms with Gasteiger partial charge in [0.05, 0.1) is 13.7 Å². The van der Waals surface area contributed by atoms with Gasteiger partial charge in [-0.25, -0.2) is 0 Å². The van der Waals surface area contributed by atoms with Crippen molar-refractivity contribution in [3.05, 3.63) is 58.9 Å². The molecule has 0 bridgehead atoms. The summed E-state index contributed by atoms with van der Waals surface area (Å²) in [6.07, 6.45) is -0.136. The number of aryl methyl sites for hydroxylation is 1. The van der Waals surface area contributed by atoms with Crippen LogP contribution >= 0.6 is 11.6 Å². The van der Waals surface area contributed by atoms with Gasteiger partial charge >= 0.3 is 0 Å². The minimum atomic E-state index is -0.642. The van der Waals surface area contributed by atoms with Gasteiger partial charge in [0.2, 0.25) is 11.7 Å². The Morgan fingerprint density at radius 2 is 2.07 bits per heavy atom. The zero-order valence-corrected chi connectivity index (χ0v) is 17.2. The van der Waals surface area contributed by atoms with Gasteiger partial charge < -0.3 is 19.3 Å². The summed E-state index contributed by atoms with van der Waals surface area (Å²) in [5.41, 5.74) is 1.65. The highest BCUT2D eigenvalue weighted by atomic mass is 35.5. The lowest BCUT2D eigenvalue weighted by molar-refractivity contribution is -0.128. The van der Waals surface area contributed by atoms with E-state index in [1.165, 1.54) is 0 Å². The normalized spacial score (nSPS) is 11.7. The Bertz CT molecular complexity index is 990. The molecule has 0 aliphatic rings. The first-order chi connectivity index (χ1) is 14.0. The van der Waals surface area contributed by atoms with Crippen molar-refractivity contribution in [3.8, 4) is 22.9 Å². The zero-order chi connectivity index (χ0) is 20.8. The molecule has 0 aliphatic carbocycles. The molecule has 1 N–H and O–H groups in total. The molecule has 3 rings (SSSR count). The average molecular weight is 416 g/mol. The molecule has 8 heteroatoms. The summed E-state index contributed by atoms with van der Waals surface area (Å²) in [5, 5.41) is 7.38. The van der Waals surface area contributed by atoms with Crippen LogP contribution in [0.2, 0.25) is 5.02 Å². The molecular formula is C21H22ClN3O4. The first-order valence-corrected chi connectivity index (χ1v) is 9.55. The van der Waals surface area contributed by atoms with E-state index in [0.29, 0.717) is 34.7 Å². The van der Waals surface area contributed by atoms with E-state index < -0.39 is 6.10 Å². The van der Waals surface area contributed by atoms with Crippen LogP contribution in [0.4, 0.5) is 0 Å². The van der Waals surface area contributed by atoms with Gasteiger partial charge in [-0.3, -0.25) is 4.79 Å². The van der Waals surface area contributed by atoms with E-state index in [1.54, 1.807) is 25.3 Å². The molecule has 1 heterocycles. The molecule has 0 fully saturated rings. The first-order valence-electron chi connectivity index (χ1n) is 9.17. The van der Waals surface area contributed by atoms with Gasteiger partial charge in [-0.2, -0.15) is 4.98 Å². The van der Waals surface area contributed by atoms with E-state index in [0.717, 1.165) is 11.1 Å². The lowest BCUT2D eigenvalue weighted by Gasteiger charge is -2.17. The predicted octanol–water partition coefficient (Wildman–Crippen LogP) is 4.18. The topological polar surface area (TPSA) is 86.5 Å². The van der Waals surface area contributed by atoms with Crippen molar-refractivity contribution in [1.29, 1.82) is 0 Å². The highest BCUT2D eigenvalue weighted by Crippen LogP contribution is 2.23. The molecule has 0 aliphatic heterocycles. The molecule has 1 unspecified atom stereocenters. The highest BCUT2D eigenvalue weighted by Gasteiger charge is 2.19. The molecular weight excluding hydrogens is 394 g/mol. The second kappa shape index (κ2) is 9.43. The number of halogens is 1. The van der Waals surface area contributed by atoms with E-state index >= 15 is 0 Å². The van der Waals surface area contributed by atoms with Crippen LogP contribution < -0.4 is 14.8 Å². The summed E-state index contributed by atoms with van der Waals surface area (Å²) in [6.45, 7) is 3.86. The molecule has 0 spiro atoms. The number of benzene rings is 2. The Balaban J connectivity index is 1.60. The summed E-state index contributed by atoms with van der Waals surface area (Å²) in [4.78, 5) is 16.8. The molecule has 1 aromatic heterocycles. The van der Waals surface area contributed by atoms with Crippen molar-refractivity contribution in [2.45, 2.75) is 32.9 Å². The van der Waals surface area contributed by atoms with E-state index in [1.807, 2.05) is 38.1 Å². The van der Waals surface area contributed by atoms with Crippen LogP contribution in [0.25, 0.3) is 11.4 Å². The van der Waals surface area contributed by atoms with Gasteiger partial charge in [0.1, 0.15) is 11.5 Å². The molecule has 1 atom stereocenters. The van der Waals surface area contributed by atoms with E-state index in [-0.39, 0.29) is 12.5 Å². The number of rotatable bonds is 8. The second-order valence-electron chi connectivity index (χ2n) is 6.39. The fourth-order valence-corrected chi connectivity index (χ4v) is 2.78. The number of carbonyl (C=O) groups is 1. The third-order valence-corrected chi connectivity index (χ3v) is 4.70. The maximum absolute atomic E-state index is 12.5. The molecule has 0 saturated heterocycles. The van der Waals surface area contributed by atoms with Crippen LogP contribution in [0.1, 0.15) is 24.8 Å². The van der Waals surface area contributed by atoms with Crippen molar-refractivity contribution in [1.82, 2.24) is 15.5 Å². The maximum atomic E-state index is 12.5.